The zero-order valence-electron chi connectivity index (χ0n) is 9.04. The van der Waals surface area contributed by atoms with E-state index in [2.05, 4.69) is 42.5 Å². The van der Waals surface area contributed by atoms with Gasteiger partial charge in [-0.05, 0) is 6.42 Å². The van der Waals surface area contributed by atoms with Crippen LogP contribution in [0.2, 0.25) is 0 Å². The number of aromatic nitrogens is 3. The third-order valence-corrected chi connectivity index (χ3v) is 2.04. The summed E-state index contributed by atoms with van der Waals surface area (Å²) in [4.78, 5) is 0. The third-order valence-electron chi connectivity index (χ3n) is 2.04. The van der Waals surface area contributed by atoms with Gasteiger partial charge < -0.3 is 4.57 Å². The zero-order chi connectivity index (χ0) is 9.90. The van der Waals surface area contributed by atoms with Gasteiger partial charge in [0.05, 0.1) is 0 Å². The minimum Gasteiger partial charge on any atom is -0.317 e. The Labute approximate surface area is 80.2 Å². The molecule has 0 unspecified atom stereocenters. The van der Waals surface area contributed by atoms with Gasteiger partial charge in [0.15, 0.2) is 0 Å². The number of unbranched alkanes of at least 4 members (excludes halogenated alkanes) is 1. The maximum absolute atomic E-state index is 4.15. The highest BCUT2D eigenvalue weighted by atomic mass is 15.3. The molecule has 0 N–H and O–H groups in total. The smallest absolute Gasteiger partial charge is 0.138 e. The lowest BCUT2D eigenvalue weighted by Crippen LogP contribution is -2.18. The van der Waals surface area contributed by atoms with E-state index >= 15 is 0 Å². The number of nitrogens with zero attached hydrogens (tertiary/aromatic N) is 3. The van der Waals surface area contributed by atoms with Crippen LogP contribution < -0.4 is 0 Å². The fourth-order valence-electron chi connectivity index (χ4n) is 1.33. The molecule has 0 aliphatic carbocycles. The summed E-state index contributed by atoms with van der Waals surface area (Å²) in [6, 6.07) is 0. The number of hydrogen-bond donors (Lipinski definition) is 0. The van der Waals surface area contributed by atoms with Crippen molar-refractivity contribution >= 4 is 0 Å². The molecule has 0 aliphatic heterocycles. The number of rotatable bonds is 3. The van der Waals surface area contributed by atoms with Gasteiger partial charge in [-0.15, -0.1) is 10.2 Å². The van der Waals surface area contributed by atoms with Crippen LogP contribution in [0, 0.1) is 0 Å². The largest absolute Gasteiger partial charge is 0.317 e. The first kappa shape index (κ1) is 10.2. The van der Waals surface area contributed by atoms with Crippen LogP contribution in [-0.2, 0) is 12.0 Å². The predicted octanol–water partition coefficient (Wildman–Crippen LogP) is 2.38. The minimum absolute atomic E-state index is 0.101. The molecule has 0 bridgehead atoms. The summed E-state index contributed by atoms with van der Waals surface area (Å²) in [6.07, 6.45) is 4.24. The van der Waals surface area contributed by atoms with Crippen molar-refractivity contribution in [2.24, 2.45) is 0 Å². The molecule has 3 nitrogen and oxygen atoms in total. The first-order chi connectivity index (χ1) is 6.05. The molecule has 0 radical (unpaired) electrons. The van der Waals surface area contributed by atoms with E-state index in [9.17, 15) is 0 Å². The molecule has 13 heavy (non-hydrogen) atoms. The molecule has 0 aromatic carbocycles. The van der Waals surface area contributed by atoms with E-state index in [1.807, 2.05) is 6.33 Å². The van der Waals surface area contributed by atoms with Crippen molar-refractivity contribution in [2.75, 3.05) is 0 Å². The van der Waals surface area contributed by atoms with E-state index in [1.54, 1.807) is 0 Å². The summed E-state index contributed by atoms with van der Waals surface area (Å²) < 4.78 is 2.16. The normalized spacial score (nSPS) is 12.0. The van der Waals surface area contributed by atoms with Gasteiger partial charge in [0.1, 0.15) is 12.2 Å². The summed E-state index contributed by atoms with van der Waals surface area (Å²) in [5.74, 6) is 1.08. The highest BCUT2D eigenvalue weighted by molar-refractivity contribution is 5.00. The second-order valence-electron chi connectivity index (χ2n) is 4.45. The number of aryl methyl sites for hydroxylation is 1. The van der Waals surface area contributed by atoms with Gasteiger partial charge in [0.2, 0.25) is 0 Å². The standard InChI is InChI=1S/C10H19N3/c1-5-6-7-13-8-11-12-9(13)10(2,3)4/h8H,5-7H2,1-4H3. The zero-order valence-corrected chi connectivity index (χ0v) is 9.04. The van der Waals surface area contributed by atoms with E-state index in [0.717, 1.165) is 12.4 Å². The Morgan fingerprint density at radius 1 is 1.38 bits per heavy atom. The Morgan fingerprint density at radius 2 is 2.08 bits per heavy atom. The Morgan fingerprint density at radius 3 is 2.62 bits per heavy atom. The van der Waals surface area contributed by atoms with E-state index in [4.69, 9.17) is 0 Å². The molecule has 0 atom stereocenters. The molecule has 0 amide bonds. The molecule has 74 valence electrons. The van der Waals surface area contributed by atoms with Gasteiger partial charge in [-0.1, -0.05) is 34.1 Å². The SMILES string of the molecule is CCCCn1cnnc1C(C)(C)C. The Kier molecular flexibility index (Phi) is 3.07. The lowest BCUT2D eigenvalue weighted by molar-refractivity contribution is 0.487. The lowest BCUT2D eigenvalue weighted by atomic mass is 9.96. The molecular formula is C10H19N3. The van der Waals surface area contributed by atoms with Crippen molar-refractivity contribution in [1.82, 2.24) is 14.8 Å². The number of hydrogen-bond acceptors (Lipinski definition) is 2. The Hall–Kier alpha value is -0.860. The van der Waals surface area contributed by atoms with Gasteiger partial charge in [-0.2, -0.15) is 0 Å². The van der Waals surface area contributed by atoms with E-state index in [1.165, 1.54) is 12.8 Å². The molecule has 3 heteroatoms. The molecule has 1 heterocycles. The van der Waals surface area contributed by atoms with Crippen LogP contribution in [0.1, 0.15) is 46.4 Å². The van der Waals surface area contributed by atoms with Crippen LogP contribution in [-0.4, -0.2) is 14.8 Å². The Bertz CT molecular complexity index is 257. The topological polar surface area (TPSA) is 30.7 Å². The second kappa shape index (κ2) is 3.90. The maximum atomic E-state index is 4.15. The van der Waals surface area contributed by atoms with Crippen LogP contribution in [0.3, 0.4) is 0 Å². The van der Waals surface area contributed by atoms with Gasteiger partial charge in [0.25, 0.3) is 0 Å². The maximum Gasteiger partial charge on any atom is 0.138 e. The molecule has 0 spiro atoms. The van der Waals surface area contributed by atoms with E-state index < -0.39 is 0 Å². The summed E-state index contributed by atoms with van der Waals surface area (Å²) >= 11 is 0. The third kappa shape index (κ3) is 2.54. The fraction of sp³-hybridized carbons (Fsp3) is 0.800. The monoisotopic (exact) mass is 181 g/mol. The van der Waals surface area contributed by atoms with Crippen molar-refractivity contribution < 1.29 is 0 Å². The Balaban J connectivity index is 2.77. The molecular weight excluding hydrogens is 162 g/mol. The first-order valence-corrected chi connectivity index (χ1v) is 4.94. The summed E-state index contributed by atoms with van der Waals surface area (Å²) in [5, 5.41) is 8.11. The molecule has 0 fully saturated rings. The van der Waals surface area contributed by atoms with Crippen LogP contribution in [0.25, 0.3) is 0 Å². The van der Waals surface area contributed by atoms with Crippen molar-refractivity contribution in [3.05, 3.63) is 12.2 Å². The van der Waals surface area contributed by atoms with Crippen molar-refractivity contribution in [3.63, 3.8) is 0 Å². The summed E-state index contributed by atoms with van der Waals surface area (Å²) in [7, 11) is 0. The lowest BCUT2D eigenvalue weighted by Gasteiger charge is -2.18. The van der Waals surface area contributed by atoms with Gasteiger partial charge >= 0.3 is 0 Å². The molecule has 1 aromatic rings. The van der Waals surface area contributed by atoms with E-state index in [-0.39, 0.29) is 5.41 Å². The predicted molar refractivity (Wildman–Crippen MR) is 53.6 cm³/mol. The molecule has 0 saturated carbocycles. The second-order valence-corrected chi connectivity index (χ2v) is 4.45. The van der Waals surface area contributed by atoms with Crippen molar-refractivity contribution in [1.29, 1.82) is 0 Å². The summed E-state index contributed by atoms with van der Waals surface area (Å²) in [5.41, 5.74) is 0.101. The summed E-state index contributed by atoms with van der Waals surface area (Å²) in [6.45, 7) is 9.73. The van der Waals surface area contributed by atoms with Crippen LogP contribution >= 0.6 is 0 Å². The average molecular weight is 181 g/mol. The van der Waals surface area contributed by atoms with Crippen LogP contribution in [0.15, 0.2) is 6.33 Å². The van der Waals surface area contributed by atoms with Gasteiger partial charge in [-0.3, -0.25) is 0 Å². The van der Waals surface area contributed by atoms with Gasteiger partial charge in [0, 0.05) is 12.0 Å². The highest BCUT2D eigenvalue weighted by Gasteiger charge is 2.19. The van der Waals surface area contributed by atoms with Crippen LogP contribution in [0.4, 0.5) is 0 Å². The van der Waals surface area contributed by atoms with Crippen molar-refractivity contribution in [2.45, 2.75) is 52.5 Å². The fourth-order valence-corrected chi connectivity index (χ4v) is 1.33. The van der Waals surface area contributed by atoms with Crippen molar-refractivity contribution in [3.8, 4) is 0 Å². The quantitative estimate of drug-likeness (QED) is 0.716. The molecule has 1 aromatic heterocycles. The molecule has 1 rings (SSSR count). The highest BCUT2D eigenvalue weighted by Crippen LogP contribution is 2.19. The van der Waals surface area contributed by atoms with Crippen LogP contribution in [0.5, 0.6) is 0 Å². The first-order valence-electron chi connectivity index (χ1n) is 4.94. The molecule has 0 aliphatic rings. The average Bonchev–Trinajstić information content (AvgIpc) is 2.47. The molecule has 0 saturated heterocycles. The minimum atomic E-state index is 0.101. The van der Waals surface area contributed by atoms with E-state index in [0.29, 0.717) is 0 Å². The van der Waals surface area contributed by atoms with Gasteiger partial charge in [-0.25, -0.2) is 0 Å².